The van der Waals surface area contributed by atoms with Crippen molar-refractivity contribution in [2.45, 2.75) is 25.8 Å². The minimum atomic E-state index is -0.148. The number of nitrogens with zero attached hydrogens (tertiary/aromatic N) is 1. The summed E-state index contributed by atoms with van der Waals surface area (Å²) in [5, 5.41) is 0. The Hall–Kier alpha value is -1.35. The zero-order valence-electron chi connectivity index (χ0n) is 11.1. The Labute approximate surface area is 103 Å². The molecule has 0 radical (unpaired) electrons. The molecule has 17 heavy (non-hydrogen) atoms. The first-order valence-corrected chi connectivity index (χ1v) is 5.85. The molecule has 0 amide bonds. The number of methoxy groups -OCH3 is 1. The second-order valence-corrected chi connectivity index (χ2v) is 4.45. The number of rotatable bonds is 5. The van der Waals surface area contributed by atoms with E-state index in [0.29, 0.717) is 6.42 Å². The quantitative estimate of drug-likeness (QED) is 0.735. The van der Waals surface area contributed by atoms with Crippen molar-refractivity contribution < 1.29 is 9.53 Å². The van der Waals surface area contributed by atoms with E-state index in [1.54, 1.807) is 0 Å². The van der Waals surface area contributed by atoms with Crippen LogP contribution in [0.3, 0.4) is 0 Å². The molecule has 1 unspecified atom stereocenters. The summed E-state index contributed by atoms with van der Waals surface area (Å²) in [6.45, 7) is 2.10. The number of ether oxygens (including phenoxy) is 1. The van der Waals surface area contributed by atoms with Crippen molar-refractivity contribution in [1.82, 2.24) is 4.90 Å². The van der Waals surface area contributed by atoms with E-state index in [4.69, 9.17) is 0 Å². The highest BCUT2D eigenvalue weighted by molar-refractivity contribution is 5.69. The predicted octanol–water partition coefficient (Wildman–Crippen LogP) is 2.55. The highest BCUT2D eigenvalue weighted by atomic mass is 16.5. The average Bonchev–Trinajstić information content (AvgIpc) is 2.30. The lowest BCUT2D eigenvalue weighted by Crippen LogP contribution is -2.21. The van der Waals surface area contributed by atoms with Crippen LogP contribution in [0.4, 0.5) is 0 Å². The van der Waals surface area contributed by atoms with Gasteiger partial charge in [-0.15, -0.1) is 0 Å². The van der Waals surface area contributed by atoms with Gasteiger partial charge in [-0.2, -0.15) is 0 Å². The van der Waals surface area contributed by atoms with Gasteiger partial charge in [-0.25, -0.2) is 0 Å². The molecule has 1 rings (SSSR count). The van der Waals surface area contributed by atoms with Gasteiger partial charge in [-0.1, -0.05) is 24.3 Å². The summed E-state index contributed by atoms with van der Waals surface area (Å²) in [5.74, 6) is -0.148. The monoisotopic (exact) mass is 235 g/mol. The SMILES string of the molecule is COC(=O)CCC(c1ccccc1C)N(C)C. The van der Waals surface area contributed by atoms with Gasteiger partial charge in [-0.05, 0) is 38.6 Å². The molecule has 1 aromatic carbocycles. The summed E-state index contributed by atoms with van der Waals surface area (Å²) in [6, 6.07) is 8.56. The molecule has 3 heteroatoms. The minimum absolute atomic E-state index is 0.148. The van der Waals surface area contributed by atoms with Crippen LogP contribution in [0.25, 0.3) is 0 Å². The summed E-state index contributed by atoms with van der Waals surface area (Å²) in [5.41, 5.74) is 2.54. The normalized spacial score (nSPS) is 12.5. The Morgan fingerprint density at radius 1 is 1.35 bits per heavy atom. The standard InChI is InChI=1S/C14H21NO2/c1-11-7-5-6-8-12(11)13(15(2)3)9-10-14(16)17-4/h5-8,13H,9-10H2,1-4H3. The fourth-order valence-corrected chi connectivity index (χ4v) is 2.01. The first kappa shape index (κ1) is 13.7. The first-order chi connectivity index (χ1) is 8.06. The summed E-state index contributed by atoms with van der Waals surface area (Å²) in [7, 11) is 5.50. The number of aryl methyl sites for hydroxylation is 1. The summed E-state index contributed by atoms with van der Waals surface area (Å²) < 4.78 is 4.69. The van der Waals surface area contributed by atoms with Crippen LogP contribution in [0.15, 0.2) is 24.3 Å². The number of carbonyl (C=O) groups is 1. The Morgan fingerprint density at radius 3 is 2.53 bits per heavy atom. The van der Waals surface area contributed by atoms with Crippen LogP contribution in [-0.2, 0) is 9.53 Å². The Bertz CT molecular complexity index is 374. The first-order valence-electron chi connectivity index (χ1n) is 5.85. The van der Waals surface area contributed by atoms with E-state index in [1.165, 1.54) is 18.2 Å². The molecule has 0 heterocycles. The van der Waals surface area contributed by atoms with Gasteiger partial charge in [0.05, 0.1) is 7.11 Å². The molecule has 0 saturated carbocycles. The fraction of sp³-hybridized carbons (Fsp3) is 0.500. The number of esters is 1. The zero-order chi connectivity index (χ0) is 12.8. The van der Waals surface area contributed by atoms with Crippen molar-refractivity contribution in [1.29, 1.82) is 0 Å². The van der Waals surface area contributed by atoms with E-state index in [9.17, 15) is 4.79 Å². The molecule has 3 nitrogen and oxygen atoms in total. The third-order valence-corrected chi connectivity index (χ3v) is 3.02. The predicted molar refractivity (Wildman–Crippen MR) is 68.9 cm³/mol. The van der Waals surface area contributed by atoms with Crippen LogP contribution in [0.5, 0.6) is 0 Å². The summed E-state index contributed by atoms with van der Waals surface area (Å²) in [6.07, 6.45) is 1.23. The van der Waals surface area contributed by atoms with Crippen LogP contribution in [0.2, 0.25) is 0 Å². The number of hydrogen-bond donors (Lipinski definition) is 0. The van der Waals surface area contributed by atoms with Gasteiger partial charge in [0.1, 0.15) is 0 Å². The molecule has 1 aromatic rings. The van der Waals surface area contributed by atoms with Crippen LogP contribution < -0.4 is 0 Å². The second-order valence-electron chi connectivity index (χ2n) is 4.45. The summed E-state index contributed by atoms with van der Waals surface area (Å²) >= 11 is 0. The van der Waals surface area contributed by atoms with E-state index >= 15 is 0 Å². The maximum Gasteiger partial charge on any atom is 0.305 e. The molecule has 1 atom stereocenters. The van der Waals surface area contributed by atoms with Gasteiger partial charge >= 0.3 is 5.97 Å². The van der Waals surface area contributed by atoms with Gasteiger partial charge in [0.15, 0.2) is 0 Å². The largest absolute Gasteiger partial charge is 0.469 e. The molecule has 0 aliphatic carbocycles. The lowest BCUT2D eigenvalue weighted by Gasteiger charge is -2.25. The number of hydrogen-bond acceptors (Lipinski definition) is 3. The van der Waals surface area contributed by atoms with Gasteiger partial charge in [0.2, 0.25) is 0 Å². The fourth-order valence-electron chi connectivity index (χ4n) is 2.01. The zero-order valence-corrected chi connectivity index (χ0v) is 11.1. The Morgan fingerprint density at radius 2 is 2.00 bits per heavy atom. The van der Waals surface area contributed by atoms with E-state index in [0.717, 1.165) is 6.42 Å². The van der Waals surface area contributed by atoms with Crippen LogP contribution >= 0.6 is 0 Å². The van der Waals surface area contributed by atoms with E-state index in [-0.39, 0.29) is 12.0 Å². The maximum absolute atomic E-state index is 11.2. The van der Waals surface area contributed by atoms with Crippen LogP contribution in [0.1, 0.15) is 30.0 Å². The van der Waals surface area contributed by atoms with Gasteiger partial charge < -0.3 is 9.64 Å². The molecule has 0 fully saturated rings. The van der Waals surface area contributed by atoms with Gasteiger partial charge in [-0.3, -0.25) is 4.79 Å². The third-order valence-electron chi connectivity index (χ3n) is 3.02. The molecular weight excluding hydrogens is 214 g/mol. The highest BCUT2D eigenvalue weighted by Crippen LogP contribution is 2.26. The molecule has 0 saturated heterocycles. The van der Waals surface area contributed by atoms with Crippen molar-refractivity contribution in [2.24, 2.45) is 0 Å². The molecule has 94 valence electrons. The molecular formula is C14H21NO2. The molecule has 0 spiro atoms. The smallest absolute Gasteiger partial charge is 0.305 e. The van der Waals surface area contributed by atoms with Crippen LogP contribution in [0, 0.1) is 6.92 Å². The van der Waals surface area contributed by atoms with E-state index in [2.05, 4.69) is 28.7 Å². The third kappa shape index (κ3) is 3.86. The van der Waals surface area contributed by atoms with E-state index < -0.39 is 0 Å². The molecule has 0 aromatic heterocycles. The highest BCUT2D eigenvalue weighted by Gasteiger charge is 2.17. The van der Waals surface area contributed by atoms with Crippen molar-refractivity contribution in [3.8, 4) is 0 Å². The van der Waals surface area contributed by atoms with Gasteiger partial charge in [0.25, 0.3) is 0 Å². The maximum atomic E-state index is 11.2. The van der Waals surface area contributed by atoms with E-state index in [1.807, 2.05) is 26.2 Å². The number of carbonyl (C=O) groups excluding carboxylic acids is 1. The Kier molecular flexibility index (Phi) is 5.16. The molecule has 0 aliphatic heterocycles. The lowest BCUT2D eigenvalue weighted by molar-refractivity contribution is -0.141. The number of benzene rings is 1. The van der Waals surface area contributed by atoms with Crippen molar-refractivity contribution >= 4 is 5.97 Å². The van der Waals surface area contributed by atoms with Crippen LogP contribution in [-0.4, -0.2) is 32.1 Å². The molecule has 0 bridgehead atoms. The van der Waals surface area contributed by atoms with Gasteiger partial charge in [0, 0.05) is 12.5 Å². The lowest BCUT2D eigenvalue weighted by atomic mass is 9.97. The topological polar surface area (TPSA) is 29.5 Å². The second kappa shape index (κ2) is 6.40. The van der Waals surface area contributed by atoms with Crippen molar-refractivity contribution in [3.05, 3.63) is 35.4 Å². The van der Waals surface area contributed by atoms with Crippen molar-refractivity contribution in [3.63, 3.8) is 0 Å². The molecule has 0 aliphatic rings. The molecule has 0 N–H and O–H groups in total. The Balaban J connectivity index is 2.80. The van der Waals surface area contributed by atoms with Crippen molar-refractivity contribution in [2.75, 3.05) is 21.2 Å². The average molecular weight is 235 g/mol. The minimum Gasteiger partial charge on any atom is -0.469 e. The summed E-state index contributed by atoms with van der Waals surface area (Å²) in [4.78, 5) is 13.4.